The van der Waals surface area contributed by atoms with Gasteiger partial charge in [0.15, 0.2) is 0 Å². The second-order valence-corrected chi connectivity index (χ2v) is 5.58. The van der Waals surface area contributed by atoms with E-state index in [1.54, 1.807) is 0 Å². The molecule has 0 heterocycles. The van der Waals surface area contributed by atoms with Crippen molar-refractivity contribution < 1.29 is 5.11 Å². The molecule has 0 amide bonds. The van der Waals surface area contributed by atoms with E-state index >= 15 is 0 Å². The molecule has 84 valence electrons. The normalized spacial score (nSPS) is 30.9. The van der Waals surface area contributed by atoms with Crippen LogP contribution in [-0.4, -0.2) is 10.7 Å². The highest BCUT2D eigenvalue weighted by Gasteiger charge is 2.46. The van der Waals surface area contributed by atoms with E-state index < -0.39 is 0 Å². The lowest BCUT2D eigenvalue weighted by Crippen LogP contribution is -2.39. The van der Waals surface area contributed by atoms with Gasteiger partial charge in [-0.1, -0.05) is 46.5 Å². The largest absolute Gasteiger partial charge is 0.389 e. The van der Waals surface area contributed by atoms with Gasteiger partial charge in [-0.3, -0.25) is 0 Å². The van der Waals surface area contributed by atoms with Gasteiger partial charge in [-0.2, -0.15) is 0 Å². The SMILES string of the molecule is CCCCCCC1(O)CCCC1(C)C. The predicted octanol–water partition coefficient (Wildman–Crippen LogP) is 3.90. The van der Waals surface area contributed by atoms with Gasteiger partial charge in [-0.25, -0.2) is 0 Å². The van der Waals surface area contributed by atoms with Crippen LogP contribution in [0, 0.1) is 5.41 Å². The molecule has 0 aliphatic heterocycles. The van der Waals surface area contributed by atoms with Crippen LogP contribution < -0.4 is 0 Å². The molecule has 1 rings (SSSR count). The molecule has 1 N–H and O–H groups in total. The third kappa shape index (κ3) is 2.50. The molecule has 1 unspecified atom stereocenters. The Bertz CT molecular complexity index is 174. The quantitative estimate of drug-likeness (QED) is 0.664. The summed E-state index contributed by atoms with van der Waals surface area (Å²) in [5, 5.41) is 10.5. The van der Waals surface area contributed by atoms with Gasteiger partial charge in [0.2, 0.25) is 0 Å². The van der Waals surface area contributed by atoms with E-state index in [0.717, 1.165) is 12.8 Å². The first-order valence-electron chi connectivity index (χ1n) is 6.24. The molecule has 1 fully saturated rings. The first-order chi connectivity index (χ1) is 6.52. The molecular weight excluding hydrogens is 172 g/mol. The average Bonchev–Trinajstić information content (AvgIpc) is 2.36. The van der Waals surface area contributed by atoms with E-state index in [2.05, 4.69) is 20.8 Å². The molecule has 0 aromatic heterocycles. The fourth-order valence-corrected chi connectivity index (χ4v) is 2.70. The van der Waals surface area contributed by atoms with Crippen molar-refractivity contribution in [2.75, 3.05) is 0 Å². The minimum atomic E-state index is -0.360. The minimum absolute atomic E-state index is 0.152. The molecule has 1 heteroatoms. The number of hydrogen-bond acceptors (Lipinski definition) is 1. The second-order valence-electron chi connectivity index (χ2n) is 5.58. The Balaban J connectivity index is 2.34. The van der Waals surface area contributed by atoms with Crippen molar-refractivity contribution >= 4 is 0 Å². The maximum Gasteiger partial charge on any atom is 0.0698 e. The lowest BCUT2D eigenvalue weighted by Gasteiger charge is -2.37. The Morgan fingerprint density at radius 3 is 2.29 bits per heavy atom. The van der Waals surface area contributed by atoms with Gasteiger partial charge in [0, 0.05) is 0 Å². The topological polar surface area (TPSA) is 20.2 Å². The third-order valence-corrected chi connectivity index (χ3v) is 4.10. The second kappa shape index (κ2) is 4.65. The van der Waals surface area contributed by atoms with Crippen LogP contribution in [0.15, 0.2) is 0 Å². The van der Waals surface area contributed by atoms with E-state index in [-0.39, 0.29) is 11.0 Å². The summed E-state index contributed by atoms with van der Waals surface area (Å²) in [4.78, 5) is 0. The van der Waals surface area contributed by atoms with Gasteiger partial charge >= 0.3 is 0 Å². The lowest BCUT2D eigenvalue weighted by molar-refractivity contribution is -0.0511. The Labute approximate surface area is 88.9 Å². The molecule has 1 nitrogen and oxygen atoms in total. The molecule has 1 aliphatic carbocycles. The minimum Gasteiger partial charge on any atom is -0.389 e. The highest BCUT2D eigenvalue weighted by atomic mass is 16.3. The van der Waals surface area contributed by atoms with Crippen molar-refractivity contribution in [2.24, 2.45) is 5.41 Å². The Morgan fingerprint density at radius 1 is 1.07 bits per heavy atom. The fourth-order valence-electron chi connectivity index (χ4n) is 2.70. The molecule has 0 spiro atoms. The summed E-state index contributed by atoms with van der Waals surface area (Å²) in [6, 6.07) is 0. The van der Waals surface area contributed by atoms with Crippen molar-refractivity contribution in [2.45, 2.75) is 77.7 Å². The first kappa shape index (κ1) is 12.0. The molecule has 0 bridgehead atoms. The summed E-state index contributed by atoms with van der Waals surface area (Å²) >= 11 is 0. The van der Waals surface area contributed by atoms with Crippen molar-refractivity contribution in [1.29, 1.82) is 0 Å². The molecular formula is C13H26O. The first-order valence-corrected chi connectivity index (χ1v) is 6.24. The molecule has 1 aliphatic rings. The maximum absolute atomic E-state index is 10.5. The van der Waals surface area contributed by atoms with E-state index in [0.29, 0.717) is 0 Å². The van der Waals surface area contributed by atoms with Crippen LogP contribution >= 0.6 is 0 Å². The molecule has 0 aromatic rings. The molecule has 0 aromatic carbocycles. The molecule has 1 atom stereocenters. The van der Waals surface area contributed by atoms with Gasteiger partial charge in [0.1, 0.15) is 0 Å². The summed E-state index contributed by atoms with van der Waals surface area (Å²) in [6.07, 6.45) is 9.52. The van der Waals surface area contributed by atoms with Crippen LogP contribution in [0.25, 0.3) is 0 Å². The molecule has 0 saturated heterocycles. The standard InChI is InChI=1S/C13H26O/c1-4-5-6-7-10-13(14)11-8-9-12(13,2)3/h14H,4-11H2,1-3H3. The highest BCUT2D eigenvalue weighted by Crippen LogP contribution is 2.48. The van der Waals surface area contributed by atoms with Crippen LogP contribution in [-0.2, 0) is 0 Å². The van der Waals surface area contributed by atoms with Crippen LogP contribution in [0.3, 0.4) is 0 Å². The number of hydrogen-bond donors (Lipinski definition) is 1. The van der Waals surface area contributed by atoms with Crippen LogP contribution in [0.5, 0.6) is 0 Å². The predicted molar refractivity (Wildman–Crippen MR) is 61.3 cm³/mol. The van der Waals surface area contributed by atoms with Gasteiger partial charge in [-0.15, -0.1) is 0 Å². The number of unbranched alkanes of at least 4 members (excludes halogenated alkanes) is 3. The van der Waals surface area contributed by atoms with E-state index in [1.807, 2.05) is 0 Å². The average molecular weight is 198 g/mol. The summed E-state index contributed by atoms with van der Waals surface area (Å²) < 4.78 is 0. The highest BCUT2D eigenvalue weighted by molar-refractivity contribution is 4.98. The van der Waals surface area contributed by atoms with Crippen molar-refractivity contribution in [1.82, 2.24) is 0 Å². The summed E-state index contributed by atoms with van der Waals surface area (Å²) in [5.74, 6) is 0. The van der Waals surface area contributed by atoms with Crippen molar-refractivity contribution in [3.8, 4) is 0 Å². The van der Waals surface area contributed by atoms with E-state index in [9.17, 15) is 5.11 Å². The van der Waals surface area contributed by atoms with Gasteiger partial charge < -0.3 is 5.11 Å². The summed E-state index contributed by atoms with van der Waals surface area (Å²) in [6.45, 7) is 6.67. The maximum atomic E-state index is 10.5. The fraction of sp³-hybridized carbons (Fsp3) is 1.00. The number of rotatable bonds is 5. The van der Waals surface area contributed by atoms with Gasteiger partial charge in [-0.05, 0) is 31.1 Å². The smallest absolute Gasteiger partial charge is 0.0698 e. The van der Waals surface area contributed by atoms with Crippen LogP contribution in [0.1, 0.15) is 72.1 Å². The lowest BCUT2D eigenvalue weighted by atomic mass is 9.75. The van der Waals surface area contributed by atoms with Gasteiger partial charge in [0.25, 0.3) is 0 Å². The van der Waals surface area contributed by atoms with Gasteiger partial charge in [0.05, 0.1) is 5.60 Å². The Kier molecular flexibility index (Phi) is 4.00. The molecule has 0 radical (unpaired) electrons. The zero-order valence-corrected chi connectivity index (χ0v) is 10.1. The Morgan fingerprint density at radius 2 is 1.79 bits per heavy atom. The Hall–Kier alpha value is -0.0400. The molecule has 14 heavy (non-hydrogen) atoms. The molecule has 1 saturated carbocycles. The van der Waals surface area contributed by atoms with Crippen molar-refractivity contribution in [3.05, 3.63) is 0 Å². The number of aliphatic hydroxyl groups is 1. The van der Waals surface area contributed by atoms with Crippen molar-refractivity contribution in [3.63, 3.8) is 0 Å². The zero-order valence-electron chi connectivity index (χ0n) is 10.1. The summed E-state index contributed by atoms with van der Waals surface area (Å²) in [7, 11) is 0. The third-order valence-electron chi connectivity index (χ3n) is 4.10. The summed E-state index contributed by atoms with van der Waals surface area (Å²) in [5.41, 5.74) is -0.208. The monoisotopic (exact) mass is 198 g/mol. The zero-order chi connectivity index (χ0) is 10.7. The van der Waals surface area contributed by atoms with Crippen LogP contribution in [0.2, 0.25) is 0 Å². The van der Waals surface area contributed by atoms with E-state index in [4.69, 9.17) is 0 Å². The van der Waals surface area contributed by atoms with Crippen LogP contribution in [0.4, 0.5) is 0 Å². The van der Waals surface area contributed by atoms with E-state index in [1.165, 1.54) is 38.5 Å².